The standard InChI is InChI=1S/C20H33N5O2/c1-14(2)9-10-21-20(27)24-17-7-8-18(22-12-17)25-11-5-6-16(13-25)19(26)23-15(3)4/h7-8,12,14-16H,5-6,9-11,13H2,1-4H3,(H,23,26)(H2,21,24,27). The van der Waals surface area contributed by atoms with E-state index in [9.17, 15) is 9.59 Å². The molecule has 1 saturated heterocycles. The highest BCUT2D eigenvalue weighted by molar-refractivity contribution is 5.89. The van der Waals surface area contributed by atoms with Crippen LogP contribution in [0.4, 0.5) is 16.3 Å². The molecule has 3 N–H and O–H groups in total. The largest absolute Gasteiger partial charge is 0.356 e. The predicted octanol–water partition coefficient (Wildman–Crippen LogP) is 2.99. The number of hydrogen-bond donors (Lipinski definition) is 3. The Morgan fingerprint density at radius 1 is 1.26 bits per heavy atom. The van der Waals surface area contributed by atoms with Gasteiger partial charge in [-0.3, -0.25) is 4.79 Å². The SMILES string of the molecule is CC(C)CCNC(=O)Nc1ccc(N2CCCC(C(=O)NC(C)C)C2)nc1. The highest BCUT2D eigenvalue weighted by Gasteiger charge is 2.26. The lowest BCUT2D eigenvalue weighted by Crippen LogP contribution is -2.45. The number of anilines is 2. The first kappa shape index (κ1) is 21.0. The van der Waals surface area contributed by atoms with E-state index >= 15 is 0 Å². The normalized spacial score (nSPS) is 17.1. The van der Waals surface area contributed by atoms with Crippen LogP contribution in [0.25, 0.3) is 0 Å². The minimum Gasteiger partial charge on any atom is -0.356 e. The fraction of sp³-hybridized carbons (Fsp3) is 0.650. The summed E-state index contributed by atoms with van der Waals surface area (Å²) >= 11 is 0. The molecule has 1 aromatic heterocycles. The topological polar surface area (TPSA) is 86.4 Å². The second-order valence-corrected chi connectivity index (χ2v) is 7.92. The summed E-state index contributed by atoms with van der Waals surface area (Å²) in [6, 6.07) is 3.69. The van der Waals surface area contributed by atoms with Crippen molar-refractivity contribution >= 4 is 23.4 Å². The Morgan fingerprint density at radius 3 is 2.67 bits per heavy atom. The molecule has 0 bridgehead atoms. The van der Waals surface area contributed by atoms with Crippen molar-refractivity contribution in [1.29, 1.82) is 0 Å². The van der Waals surface area contributed by atoms with E-state index in [0.29, 0.717) is 24.7 Å². The molecular weight excluding hydrogens is 342 g/mol. The highest BCUT2D eigenvalue weighted by atomic mass is 16.2. The van der Waals surface area contributed by atoms with E-state index in [2.05, 4.69) is 39.7 Å². The maximum atomic E-state index is 12.3. The molecule has 0 saturated carbocycles. The fourth-order valence-electron chi connectivity index (χ4n) is 3.10. The number of piperidine rings is 1. The molecule has 1 aromatic rings. The summed E-state index contributed by atoms with van der Waals surface area (Å²) < 4.78 is 0. The number of rotatable bonds is 7. The lowest BCUT2D eigenvalue weighted by molar-refractivity contribution is -0.125. The third kappa shape index (κ3) is 7.07. The average molecular weight is 376 g/mol. The molecule has 1 unspecified atom stereocenters. The molecule has 3 amide bonds. The molecule has 7 nitrogen and oxygen atoms in total. The van der Waals surface area contributed by atoms with Gasteiger partial charge in [0.1, 0.15) is 5.82 Å². The third-order valence-corrected chi connectivity index (χ3v) is 4.56. The second kappa shape index (κ2) is 10.1. The molecular formula is C20H33N5O2. The lowest BCUT2D eigenvalue weighted by Gasteiger charge is -2.33. The molecule has 2 heterocycles. The summed E-state index contributed by atoms with van der Waals surface area (Å²) in [5.74, 6) is 1.50. The van der Waals surface area contributed by atoms with Gasteiger partial charge in [-0.2, -0.15) is 0 Å². The zero-order valence-corrected chi connectivity index (χ0v) is 16.9. The van der Waals surface area contributed by atoms with E-state index in [-0.39, 0.29) is 23.9 Å². The van der Waals surface area contributed by atoms with Crippen LogP contribution in [0.15, 0.2) is 18.3 Å². The van der Waals surface area contributed by atoms with Gasteiger partial charge in [0.05, 0.1) is 17.8 Å². The molecule has 0 spiro atoms. The van der Waals surface area contributed by atoms with Gasteiger partial charge < -0.3 is 20.9 Å². The van der Waals surface area contributed by atoms with Gasteiger partial charge >= 0.3 is 6.03 Å². The monoisotopic (exact) mass is 375 g/mol. The van der Waals surface area contributed by atoms with Crippen molar-refractivity contribution in [3.63, 3.8) is 0 Å². The maximum absolute atomic E-state index is 12.3. The summed E-state index contributed by atoms with van der Waals surface area (Å²) in [5.41, 5.74) is 0.659. The maximum Gasteiger partial charge on any atom is 0.319 e. The summed E-state index contributed by atoms with van der Waals surface area (Å²) in [7, 11) is 0. The Hall–Kier alpha value is -2.31. The Morgan fingerprint density at radius 2 is 2.04 bits per heavy atom. The molecule has 1 aliphatic rings. The zero-order chi connectivity index (χ0) is 19.8. The first-order chi connectivity index (χ1) is 12.8. The van der Waals surface area contributed by atoms with E-state index in [1.807, 2.05) is 26.0 Å². The molecule has 0 radical (unpaired) electrons. The number of pyridine rings is 1. The Kier molecular flexibility index (Phi) is 7.88. The van der Waals surface area contributed by atoms with Crippen molar-refractivity contribution < 1.29 is 9.59 Å². The molecule has 7 heteroatoms. The molecule has 2 rings (SSSR count). The van der Waals surface area contributed by atoms with E-state index in [1.54, 1.807) is 6.20 Å². The van der Waals surface area contributed by atoms with Crippen molar-refractivity contribution in [2.45, 2.75) is 53.0 Å². The second-order valence-electron chi connectivity index (χ2n) is 7.92. The van der Waals surface area contributed by atoms with E-state index in [4.69, 9.17) is 0 Å². The van der Waals surface area contributed by atoms with Gasteiger partial charge in [-0.1, -0.05) is 13.8 Å². The predicted molar refractivity (Wildman–Crippen MR) is 109 cm³/mol. The van der Waals surface area contributed by atoms with E-state index < -0.39 is 0 Å². The van der Waals surface area contributed by atoms with Gasteiger partial charge in [-0.05, 0) is 51.2 Å². The number of nitrogens with one attached hydrogen (secondary N) is 3. The quantitative estimate of drug-likeness (QED) is 0.684. The van der Waals surface area contributed by atoms with Gasteiger partial charge in [0.25, 0.3) is 0 Å². The van der Waals surface area contributed by atoms with E-state index in [1.165, 1.54) is 0 Å². The number of aromatic nitrogens is 1. The number of carbonyl (C=O) groups is 2. The molecule has 150 valence electrons. The van der Waals surface area contributed by atoms with Crippen molar-refractivity contribution in [3.8, 4) is 0 Å². The van der Waals surface area contributed by atoms with Gasteiger partial charge in [-0.25, -0.2) is 9.78 Å². The van der Waals surface area contributed by atoms with Crippen LogP contribution in [0.2, 0.25) is 0 Å². The van der Waals surface area contributed by atoms with Crippen LogP contribution in [0.1, 0.15) is 47.0 Å². The van der Waals surface area contributed by atoms with Crippen LogP contribution in [0, 0.1) is 11.8 Å². The van der Waals surface area contributed by atoms with Gasteiger partial charge in [0.15, 0.2) is 0 Å². The van der Waals surface area contributed by atoms with Crippen LogP contribution < -0.4 is 20.9 Å². The molecule has 1 atom stereocenters. The van der Waals surface area contributed by atoms with Crippen LogP contribution >= 0.6 is 0 Å². The van der Waals surface area contributed by atoms with Crippen LogP contribution in [0.3, 0.4) is 0 Å². The summed E-state index contributed by atoms with van der Waals surface area (Å²) in [5, 5.41) is 8.64. The Balaban J connectivity index is 1.87. The number of nitrogens with zero attached hydrogens (tertiary/aromatic N) is 2. The lowest BCUT2D eigenvalue weighted by atomic mass is 9.97. The highest BCUT2D eigenvalue weighted by Crippen LogP contribution is 2.22. The summed E-state index contributed by atoms with van der Waals surface area (Å²) in [4.78, 5) is 30.8. The minimum absolute atomic E-state index is 0.00696. The van der Waals surface area contributed by atoms with Crippen LogP contribution in [-0.4, -0.2) is 42.6 Å². The van der Waals surface area contributed by atoms with E-state index in [0.717, 1.165) is 31.6 Å². The third-order valence-electron chi connectivity index (χ3n) is 4.56. The fourth-order valence-corrected chi connectivity index (χ4v) is 3.10. The molecule has 1 fully saturated rings. The zero-order valence-electron chi connectivity index (χ0n) is 16.9. The average Bonchev–Trinajstić information content (AvgIpc) is 2.61. The van der Waals surface area contributed by atoms with Crippen LogP contribution in [0.5, 0.6) is 0 Å². The molecule has 0 aliphatic carbocycles. The first-order valence-electron chi connectivity index (χ1n) is 9.91. The Labute approximate surface area is 162 Å². The van der Waals surface area contributed by atoms with Crippen LogP contribution in [-0.2, 0) is 4.79 Å². The van der Waals surface area contributed by atoms with Gasteiger partial charge in [0, 0.05) is 25.7 Å². The minimum atomic E-state index is -0.214. The van der Waals surface area contributed by atoms with Crippen molar-refractivity contribution in [2.75, 3.05) is 29.9 Å². The first-order valence-corrected chi connectivity index (χ1v) is 9.91. The molecule has 27 heavy (non-hydrogen) atoms. The summed E-state index contributed by atoms with van der Waals surface area (Å²) in [6.45, 7) is 10.4. The van der Waals surface area contributed by atoms with Gasteiger partial charge in [-0.15, -0.1) is 0 Å². The number of urea groups is 1. The van der Waals surface area contributed by atoms with Crippen molar-refractivity contribution in [1.82, 2.24) is 15.6 Å². The van der Waals surface area contributed by atoms with Gasteiger partial charge in [0.2, 0.25) is 5.91 Å². The molecule has 0 aromatic carbocycles. The number of carbonyl (C=O) groups excluding carboxylic acids is 2. The number of hydrogen-bond acceptors (Lipinski definition) is 4. The van der Waals surface area contributed by atoms with Crippen molar-refractivity contribution in [2.24, 2.45) is 11.8 Å². The smallest absolute Gasteiger partial charge is 0.319 e. The molecule has 1 aliphatic heterocycles. The number of amides is 3. The van der Waals surface area contributed by atoms with Crippen molar-refractivity contribution in [3.05, 3.63) is 18.3 Å². The Bertz CT molecular complexity index is 615. The summed E-state index contributed by atoms with van der Waals surface area (Å²) in [6.07, 6.45) is 4.49.